The lowest BCUT2D eigenvalue weighted by Gasteiger charge is -2.37. The molecule has 11 heteroatoms. The first kappa shape index (κ1) is 22.3. The van der Waals surface area contributed by atoms with E-state index >= 15 is 0 Å². The minimum Gasteiger partial charge on any atom is -0.366 e. The van der Waals surface area contributed by atoms with Gasteiger partial charge in [-0.15, -0.1) is 0 Å². The fourth-order valence-electron chi connectivity index (χ4n) is 3.72. The Morgan fingerprint density at radius 3 is 2.60 bits per heavy atom. The third kappa shape index (κ3) is 5.80. The summed E-state index contributed by atoms with van der Waals surface area (Å²) < 4.78 is 50.3. The Bertz CT molecular complexity index is 901. The quantitative estimate of drug-likeness (QED) is 0.504. The number of hydrogen-bond donors (Lipinski definition) is 2. The minimum absolute atomic E-state index is 0.00399. The highest BCUT2D eigenvalue weighted by molar-refractivity contribution is 7.91. The number of sulfone groups is 1. The molecule has 2 fully saturated rings. The molecule has 2 aliphatic heterocycles. The number of carbonyl (C=O) groups excluding carboxylic acids is 1. The van der Waals surface area contributed by atoms with Gasteiger partial charge in [-0.2, -0.15) is 0 Å². The maximum Gasteiger partial charge on any atom is 0.222 e. The summed E-state index contributed by atoms with van der Waals surface area (Å²) in [7, 11) is -1.38. The summed E-state index contributed by atoms with van der Waals surface area (Å²) in [5, 5.41) is 5.89. The third-order valence-corrected chi connectivity index (χ3v) is 7.04. The zero-order valence-corrected chi connectivity index (χ0v) is 17.7. The van der Waals surface area contributed by atoms with E-state index in [9.17, 15) is 22.0 Å². The molecule has 0 bridgehead atoms. The number of piperazine rings is 1. The Balaban J connectivity index is 1.42. The van der Waals surface area contributed by atoms with Gasteiger partial charge in [-0.25, -0.2) is 17.2 Å². The van der Waals surface area contributed by atoms with Gasteiger partial charge in [0.2, 0.25) is 5.91 Å². The van der Waals surface area contributed by atoms with Crippen LogP contribution in [0.15, 0.2) is 23.2 Å². The lowest BCUT2D eigenvalue weighted by molar-refractivity contribution is -0.121. The van der Waals surface area contributed by atoms with Crippen molar-refractivity contribution in [2.75, 3.05) is 56.2 Å². The van der Waals surface area contributed by atoms with E-state index in [2.05, 4.69) is 15.6 Å². The predicted molar refractivity (Wildman–Crippen MR) is 111 cm³/mol. The van der Waals surface area contributed by atoms with Gasteiger partial charge in [0.1, 0.15) is 11.6 Å². The number of carbonyl (C=O) groups is 1. The number of benzene rings is 1. The number of anilines is 1. The molecule has 2 N–H and O–H groups in total. The monoisotopic (exact) mass is 443 g/mol. The van der Waals surface area contributed by atoms with Crippen LogP contribution in [0.25, 0.3) is 0 Å². The van der Waals surface area contributed by atoms with Crippen LogP contribution in [0.3, 0.4) is 0 Å². The summed E-state index contributed by atoms with van der Waals surface area (Å²) in [5.74, 6) is -0.372. The number of nitrogens with one attached hydrogen (secondary N) is 2. The van der Waals surface area contributed by atoms with Crippen LogP contribution in [0, 0.1) is 11.6 Å². The summed E-state index contributed by atoms with van der Waals surface area (Å²) in [4.78, 5) is 20.1. The molecule has 2 saturated heterocycles. The van der Waals surface area contributed by atoms with Crippen molar-refractivity contribution in [2.24, 2.45) is 4.99 Å². The normalized spacial score (nSPS) is 21.6. The fourth-order valence-corrected chi connectivity index (χ4v) is 5.39. The van der Waals surface area contributed by atoms with E-state index < -0.39 is 21.5 Å². The first-order valence-electron chi connectivity index (χ1n) is 9.93. The standard InChI is InChI=1S/C19H27F2N5O3S/c1-22-19(23-6-4-18(27)24-15-5-11-30(28,29)13-15)26-9-7-25(8-10-26)17-12-14(20)2-3-16(17)21/h2-3,12,15H,4-11,13H2,1H3,(H,22,23)(H,24,27). The number of amides is 1. The maximum atomic E-state index is 14.0. The fraction of sp³-hybridized carbons (Fsp3) is 0.579. The second-order valence-corrected chi connectivity index (χ2v) is 9.69. The van der Waals surface area contributed by atoms with Crippen LogP contribution in [0.2, 0.25) is 0 Å². The molecule has 2 aliphatic rings. The highest BCUT2D eigenvalue weighted by Crippen LogP contribution is 2.22. The molecule has 1 aromatic carbocycles. The summed E-state index contributed by atoms with van der Waals surface area (Å²) >= 11 is 0. The minimum atomic E-state index is -3.03. The van der Waals surface area contributed by atoms with E-state index in [1.807, 2.05) is 4.90 Å². The summed E-state index contributed by atoms with van der Waals surface area (Å²) in [6, 6.07) is 3.12. The Morgan fingerprint density at radius 1 is 1.23 bits per heavy atom. The summed E-state index contributed by atoms with van der Waals surface area (Å²) in [6.45, 7) is 2.52. The van der Waals surface area contributed by atoms with Gasteiger partial charge in [-0.1, -0.05) is 0 Å². The van der Waals surface area contributed by atoms with Crippen LogP contribution >= 0.6 is 0 Å². The van der Waals surface area contributed by atoms with Gasteiger partial charge < -0.3 is 20.4 Å². The van der Waals surface area contributed by atoms with Crippen molar-refractivity contribution in [3.63, 3.8) is 0 Å². The van der Waals surface area contributed by atoms with E-state index in [-0.39, 0.29) is 35.6 Å². The van der Waals surface area contributed by atoms with Gasteiger partial charge in [0.15, 0.2) is 15.8 Å². The van der Waals surface area contributed by atoms with Gasteiger partial charge in [0.05, 0.1) is 17.2 Å². The van der Waals surface area contributed by atoms with E-state index in [1.54, 1.807) is 11.9 Å². The van der Waals surface area contributed by atoms with E-state index in [1.165, 1.54) is 6.07 Å². The lowest BCUT2D eigenvalue weighted by Crippen LogP contribution is -2.53. The summed E-state index contributed by atoms with van der Waals surface area (Å²) in [5.41, 5.74) is 0.253. The zero-order valence-electron chi connectivity index (χ0n) is 16.9. The van der Waals surface area contributed by atoms with Crippen LogP contribution in [-0.2, 0) is 14.6 Å². The van der Waals surface area contributed by atoms with Crippen LogP contribution < -0.4 is 15.5 Å². The second kappa shape index (κ2) is 9.59. The Kier molecular flexibility index (Phi) is 7.11. The molecule has 1 amide bonds. The molecular formula is C19H27F2N5O3S. The van der Waals surface area contributed by atoms with Crippen molar-refractivity contribution in [3.8, 4) is 0 Å². The van der Waals surface area contributed by atoms with Crippen molar-refractivity contribution < 1.29 is 22.0 Å². The van der Waals surface area contributed by atoms with Gasteiger partial charge in [-0.05, 0) is 18.6 Å². The third-order valence-electron chi connectivity index (χ3n) is 5.27. The molecule has 0 radical (unpaired) electrons. The van der Waals surface area contributed by atoms with Crippen LogP contribution in [0.4, 0.5) is 14.5 Å². The molecule has 1 aromatic rings. The van der Waals surface area contributed by atoms with Crippen molar-refractivity contribution in [1.29, 1.82) is 0 Å². The first-order valence-corrected chi connectivity index (χ1v) is 11.7. The molecule has 0 spiro atoms. The molecule has 2 heterocycles. The molecule has 0 saturated carbocycles. The second-order valence-electron chi connectivity index (χ2n) is 7.46. The highest BCUT2D eigenvalue weighted by Gasteiger charge is 2.28. The Hall–Kier alpha value is -2.43. The molecule has 30 heavy (non-hydrogen) atoms. The summed E-state index contributed by atoms with van der Waals surface area (Å²) in [6.07, 6.45) is 0.656. The molecule has 1 atom stereocenters. The lowest BCUT2D eigenvalue weighted by atomic mass is 10.2. The van der Waals surface area contributed by atoms with E-state index in [0.717, 1.165) is 12.1 Å². The topological polar surface area (TPSA) is 94.1 Å². The van der Waals surface area contributed by atoms with E-state index in [0.29, 0.717) is 45.1 Å². The van der Waals surface area contributed by atoms with Gasteiger partial charge in [-0.3, -0.25) is 9.79 Å². The Morgan fingerprint density at radius 2 is 1.97 bits per heavy atom. The molecule has 3 rings (SSSR count). The number of halogens is 2. The maximum absolute atomic E-state index is 14.0. The molecule has 8 nitrogen and oxygen atoms in total. The molecular weight excluding hydrogens is 416 g/mol. The molecule has 166 valence electrons. The average molecular weight is 444 g/mol. The SMILES string of the molecule is CN=C(NCCC(=O)NC1CCS(=O)(=O)C1)N1CCN(c2cc(F)ccc2F)CC1. The average Bonchev–Trinajstić information content (AvgIpc) is 3.05. The number of aliphatic imine (C=N–C) groups is 1. The van der Waals surface area contributed by atoms with Crippen molar-refractivity contribution in [3.05, 3.63) is 29.8 Å². The van der Waals surface area contributed by atoms with Crippen molar-refractivity contribution in [1.82, 2.24) is 15.5 Å². The number of nitrogens with zero attached hydrogens (tertiary/aromatic N) is 3. The van der Waals surface area contributed by atoms with Crippen LogP contribution in [-0.4, -0.2) is 82.5 Å². The van der Waals surface area contributed by atoms with Crippen LogP contribution in [0.5, 0.6) is 0 Å². The number of hydrogen-bond acceptors (Lipinski definition) is 5. The van der Waals surface area contributed by atoms with E-state index in [4.69, 9.17) is 0 Å². The zero-order chi connectivity index (χ0) is 21.7. The Labute approximate surface area is 175 Å². The van der Waals surface area contributed by atoms with Gasteiger partial charge >= 0.3 is 0 Å². The first-order chi connectivity index (χ1) is 14.3. The van der Waals surface area contributed by atoms with Crippen molar-refractivity contribution >= 4 is 27.4 Å². The predicted octanol–water partition coefficient (Wildman–Crippen LogP) is 0.356. The molecule has 0 aliphatic carbocycles. The number of guanidine groups is 1. The largest absolute Gasteiger partial charge is 0.366 e. The van der Waals surface area contributed by atoms with Crippen LogP contribution in [0.1, 0.15) is 12.8 Å². The van der Waals surface area contributed by atoms with Gasteiger partial charge in [0.25, 0.3) is 0 Å². The molecule has 1 unspecified atom stereocenters. The van der Waals surface area contributed by atoms with Gasteiger partial charge in [0, 0.05) is 58.3 Å². The molecule has 0 aromatic heterocycles. The highest BCUT2D eigenvalue weighted by atomic mass is 32.2. The van der Waals surface area contributed by atoms with Crippen molar-refractivity contribution in [2.45, 2.75) is 18.9 Å². The number of rotatable bonds is 5. The smallest absolute Gasteiger partial charge is 0.222 e.